The van der Waals surface area contributed by atoms with E-state index in [0.717, 1.165) is 4.70 Å². The zero-order valence-corrected chi connectivity index (χ0v) is 14.9. The van der Waals surface area contributed by atoms with E-state index >= 15 is 0 Å². The normalized spacial score (nSPS) is 12.5. The van der Waals surface area contributed by atoms with Crippen molar-refractivity contribution in [3.63, 3.8) is 0 Å². The Morgan fingerprint density at radius 3 is 2.96 bits per heavy atom. The van der Waals surface area contributed by atoms with Crippen molar-refractivity contribution in [1.82, 2.24) is 25.5 Å². The number of ether oxygens (including phenoxy) is 1. The zero-order chi connectivity index (χ0) is 18.0. The molecule has 0 saturated carbocycles. The van der Waals surface area contributed by atoms with E-state index in [1.54, 1.807) is 24.1 Å². The molecule has 3 rings (SSSR count). The number of hydrogen-bond donors (Lipinski definition) is 1. The Morgan fingerprint density at radius 2 is 2.28 bits per heavy atom. The first kappa shape index (κ1) is 17.4. The van der Waals surface area contributed by atoms with Crippen LogP contribution < -0.4 is 0 Å². The molecule has 1 atom stereocenters. The van der Waals surface area contributed by atoms with Gasteiger partial charge in [-0.2, -0.15) is 5.21 Å². The van der Waals surface area contributed by atoms with E-state index < -0.39 is 0 Å². The predicted octanol–water partition coefficient (Wildman–Crippen LogP) is 2.58. The van der Waals surface area contributed by atoms with Crippen LogP contribution in [-0.4, -0.2) is 52.1 Å². The molecule has 9 heteroatoms. The Kier molecular flexibility index (Phi) is 5.05. The molecule has 3 aromatic rings. The van der Waals surface area contributed by atoms with E-state index in [9.17, 15) is 9.18 Å². The van der Waals surface area contributed by atoms with Crippen LogP contribution in [0.3, 0.4) is 0 Å². The maximum atomic E-state index is 14.2. The van der Waals surface area contributed by atoms with Gasteiger partial charge in [0.15, 0.2) is 5.82 Å². The van der Waals surface area contributed by atoms with E-state index in [0.29, 0.717) is 28.2 Å². The summed E-state index contributed by atoms with van der Waals surface area (Å²) in [6.45, 7) is 2.51. The molecule has 0 fully saturated rings. The van der Waals surface area contributed by atoms with Gasteiger partial charge in [-0.1, -0.05) is 18.2 Å². The summed E-state index contributed by atoms with van der Waals surface area (Å²) in [6, 6.07) is 4.84. The van der Waals surface area contributed by atoms with Crippen LogP contribution in [0.5, 0.6) is 0 Å². The number of aromatic amines is 1. The second kappa shape index (κ2) is 7.24. The highest BCUT2D eigenvalue weighted by atomic mass is 32.1. The summed E-state index contributed by atoms with van der Waals surface area (Å²) in [4.78, 5) is 15.0. The number of tetrazole rings is 1. The van der Waals surface area contributed by atoms with E-state index in [1.807, 2.05) is 6.92 Å². The molecular formula is C16H18FN5O2S. The van der Waals surface area contributed by atoms with E-state index in [2.05, 4.69) is 20.6 Å². The molecule has 1 aromatic carbocycles. The van der Waals surface area contributed by atoms with Crippen molar-refractivity contribution in [2.24, 2.45) is 0 Å². The molecule has 0 aliphatic carbocycles. The van der Waals surface area contributed by atoms with Gasteiger partial charge in [-0.05, 0) is 12.1 Å². The van der Waals surface area contributed by atoms with Gasteiger partial charge in [0.25, 0.3) is 5.91 Å². The standard InChI is InChI=1S/C16H18FN5O2S/c1-9(15-18-20-21-19-15)7-22(2)16(23)14-10(8-24-3)13-11(17)5-4-6-12(13)25-14/h4-6,9H,7-8H2,1-3H3,(H,18,19,20,21). The number of nitrogens with one attached hydrogen (secondary N) is 1. The molecule has 25 heavy (non-hydrogen) atoms. The van der Waals surface area contributed by atoms with Crippen LogP contribution in [0.25, 0.3) is 10.1 Å². The first-order chi connectivity index (χ1) is 12.0. The topological polar surface area (TPSA) is 84.0 Å². The highest BCUT2D eigenvalue weighted by Crippen LogP contribution is 2.34. The molecular weight excluding hydrogens is 345 g/mol. The number of rotatable bonds is 6. The Hall–Kier alpha value is -2.39. The zero-order valence-electron chi connectivity index (χ0n) is 14.1. The first-order valence-corrected chi connectivity index (χ1v) is 8.52. The summed E-state index contributed by atoms with van der Waals surface area (Å²) < 4.78 is 20.2. The van der Waals surface area contributed by atoms with Crippen molar-refractivity contribution in [2.75, 3.05) is 20.7 Å². The smallest absolute Gasteiger partial charge is 0.264 e. The lowest BCUT2D eigenvalue weighted by atomic mass is 10.1. The van der Waals surface area contributed by atoms with Crippen LogP contribution in [0.2, 0.25) is 0 Å². The van der Waals surface area contributed by atoms with Crippen molar-refractivity contribution < 1.29 is 13.9 Å². The Morgan fingerprint density at radius 1 is 1.48 bits per heavy atom. The maximum absolute atomic E-state index is 14.2. The van der Waals surface area contributed by atoms with Gasteiger partial charge in [-0.25, -0.2) is 4.39 Å². The van der Waals surface area contributed by atoms with Gasteiger partial charge in [0.05, 0.1) is 11.5 Å². The third-order valence-corrected chi connectivity index (χ3v) is 5.13. The Labute approximate surface area is 147 Å². The lowest BCUT2D eigenvalue weighted by Crippen LogP contribution is -2.30. The Bertz CT molecular complexity index is 880. The monoisotopic (exact) mass is 363 g/mol. The quantitative estimate of drug-likeness (QED) is 0.728. The average molecular weight is 363 g/mol. The van der Waals surface area contributed by atoms with Crippen molar-refractivity contribution in [1.29, 1.82) is 0 Å². The van der Waals surface area contributed by atoms with Crippen LogP contribution in [0, 0.1) is 5.82 Å². The number of hydrogen-bond acceptors (Lipinski definition) is 6. The predicted molar refractivity (Wildman–Crippen MR) is 92.0 cm³/mol. The fraction of sp³-hybridized carbons (Fsp3) is 0.375. The molecule has 0 aliphatic heterocycles. The Balaban J connectivity index is 1.90. The summed E-state index contributed by atoms with van der Waals surface area (Å²) in [5.74, 6) is -0.0606. The van der Waals surface area contributed by atoms with Crippen molar-refractivity contribution in [3.05, 3.63) is 40.3 Å². The molecule has 0 spiro atoms. The van der Waals surface area contributed by atoms with Gasteiger partial charge in [0.1, 0.15) is 5.82 Å². The molecule has 0 bridgehead atoms. The van der Waals surface area contributed by atoms with Crippen LogP contribution >= 0.6 is 11.3 Å². The molecule has 1 unspecified atom stereocenters. The fourth-order valence-electron chi connectivity index (χ4n) is 2.75. The molecule has 0 radical (unpaired) electrons. The number of fused-ring (bicyclic) bond motifs is 1. The molecule has 2 heterocycles. The number of aromatic nitrogens is 4. The minimum atomic E-state index is -0.345. The number of thiophene rings is 1. The van der Waals surface area contributed by atoms with Crippen LogP contribution in [0.1, 0.15) is 33.9 Å². The fourth-order valence-corrected chi connectivity index (χ4v) is 3.97. The SMILES string of the molecule is COCc1c(C(=O)N(C)CC(C)c2nn[nH]n2)sc2cccc(F)c12. The number of halogens is 1. The van der Waals surface area contributed by atoms with Gasteiger partial charge in [-0.15, -0.1) is 21.5 Å². The number of methoxy groups -OCH3 is 1. The van der Waals surface area contributed by atoms with E-state index in [4.69, 9.17) is 4.74 Å². The summed E-state index contributed by atoms with van der Waals surface area (Å²) in [7, 11) is 3.23. The summed E-state index contributed by atoms with van der Waals surface area (Å²) in [5, 5.41) is 14.3. The molecule has 0 saturated heterocycles. The molecule has 1 amide bonds. The van der Waals surface area contributed by atoms with Crippen LogP contribution in [0.4, 0.5) is 4.39 Å². The van der Waals surface area contributed by atoms with Crippen LogP contribution in [0.15, 0.2) is 18.2 Å². The minimum Gasteiger partial charge on any atom is -0.380 e. The maximum Gasteiger partial charge on any atom is 0.264 e. The second-order valence-electron chi connectivity index (χ2n) is 5.81. The average Bonchev–Trinajstić information content (AvgIpc) is 3.23. The van der Waals surface area contributed by atoms with E-state index in [1.165, 1.54) is 24.5 Å². The van der Waals surface area contributed by atoms with Crippen LogP contribution in [-0.2, 0) is 11.3 Å². The first-order valence-electron chi connectivity index (χ1n) is 7.70. The van der Waals surface area contributed by atoms with Gasteiger partial charge >= 0.3 is 0 Å². The van der Waals surface area contributed by atoms with Gasteiger partial charge in [0.2, 0.25) is 0 Å². The van der Waals surface area contributed by atoms with E-state index in [-0.39, 0.29) is 24.2 Å². The molecule has 0 aliphatic rings. The lowest BCUT2D eigenvalue weighted by molar-refractivity contribution is 0.0788. The third kappa shape index (κ3) is 3.38. The summed E-state index contributed by atoms with van der Waals surface area (Å²) >= 11 is 1.28. The highest BCUT2D eigenvalue weighted by Gasteiger charge is 2.24. The summed E-state index contributed by atoms with van der Waals surface area (Å²) in [5.41, 5.74) is 0.588. The number of amides is 1. The molecule has 1 N–H and O–H groups in total. The minimum absolute atomic E-state index is 0.0790. The third-order valence-electron chi connectivity index (χ3n) is 3.94. The second-order valence-corrected chi connectivity index (χ2v) is 6.86. The molecule has 132 valence electrons. The van der Waals surface area contributed by atoms with Gasteiger partial charge < -0.3 is 9.64 Å². The summed E-state index contributed by atoms with van der Waals surface area (Å²) in [6.07, 6.45) is 0. The largest absolute Gasteiger partial charge is 0.380 e. The number of carbonyl (C=O) groups is 1. The molecule has 7 nitrogen and oxygen atoms in total. The number of benzene rings is 1. The molecule has 2 aromatic heterocycles. The van der Waals surface area contributed by atoms with Crippen molar-refractivity contribution in [3.8, 4) is 0 Å². The van der Waals surface area contributed by atoms with Crippen molar-refractivity contribution in [2.45, 2.75) is 19.4 Å². The number of H-pyrrole nitrogens is 1. The number of nitrogens with zero attached hydrogens (tertiary/aromatic N) is 4. The number of likely N-dealkylation sites (N-methyl/N-ethyl adjacent to an activating group) is 1. The lowest BCUT2D eigenvalue weighted by Gasteiger charge is -2.20. The van der Waals surface area contributed by atoms with Crippen molar-refractivity contribution >= 4 is 27.3 Å². The van der Waals surface area contributed by atoms with Gasteiger partial charge in [-0.3, -0.25) is 4.79 Å². The number of carbonyl (C=O) groups excluding carboxylic acids is 1. The van der Waals surface area contributed by atoms with Gasteiger partial charge in [0, 0.05) is 42.3 Å². The highest BCUT2D eigenvalue weighted by molar-refractivity contribution is 7.21.